The lowest BCUT2D eigenvalue weighted by atomic mass is 9.96. The predicted molar refractivity (Wildman–Crippen MR) is 103 cm³/mol. The van der Waals surface area contributed by atoms with E-state index >= 15 is 0 Å². The van der Waals surface area contributed by atoms with Crippen molar-refractivity contribution in [3.63, 3.8) is 0 Å². The summed E-state index contributed by atoms with van der Waals surface area (Å²) in [5.74, 6) is -0.455. The van der Waals surface area contributed by atoms with Crippen LogP contribution in [0.2, 0.25) is 0 Å². The molecule has 1 saturated heterocycles. The van der Waals surface area contributed by atoms with Gasteiger partial charge in [-0.25, -0.2) is 4.98 Å². The molecule has 0 aliphatic carbocycles. The van der Waals surface area contributed by atoms with E-state index < -0.39 is 23.6 Å². The molecule has 170 valence electrons. The molecule has 2 aliphatic heterocycles. The second-order valence-corrected chi connectivity index (χ2v) is 8.51. The lowest BCUT2D eigenvalue weighted by molar-refractivity contribution is -0.263. The van der Waals surface area contributed by atoms with E-state index in [9.17, 15) is 23.1 Å². The number of hydrogen-bond donors (Lipinski definition) is 1. The SMILES string of the molecule is C[C@H]1CN(C(=O)c2cc(C3CCOCC3)nn2C)Cc2cnc([C@@](C)(O)C(F)(F)F)n21. The number of alkyl halides is 3. The highest BCUT2D eigenvalue weighted by Crippen LogP contribution is 2.40. The summed E-state index contributed by atoms with van der Waals surface area (Å²) in [6.45, 7) is 4.03. The molecule has 0 spiro atoms. The number of imidazole rings is 1. The minimum absolute atomic E-state index is 0.0991. The van der Waals surface area contributed by atoms with Gasteiger partial charge in [-0.2, -0.15) is 18.3 Å². The number of aryl methyl sites for hydroxylation is 1. The van der Waals surface area contributed by atoms with E-state index in [4.69, 9.17) is 4.74 Å². The fourth-order valence-corrected chi connectivity index (χ4v) is 4.35. The first-order valence-corrected chi connectivity index (χ1v) is 10.3. The summed E-state index contributed by atoms with van der Waals surface area (Å²) in [5.41, 5.74) is -1.35. The third-order valence-corrected chi connectivity index (χ3v) is 6.18. The second kappa shape index (κ2) is 7.63. The Kier molecular flexibility index (Phi) is 5.37. The Bertz CT molecular complexity index is 975. The number of hydrogen-bond acceptors (Lipinski definition) is 5. The molecule has 8 nitrogen and oxygen atoms in total. The van der Waals surface area contributed by atoms with Crippen LogP contribution in [-0.4, -0.2) is 61.2 Å². The molecule has 2 atom stereocenters. The summed E-state index contributed by atoms with van der Waals surface area (Å²) in [4.78, 5) is 18.7. The minimum atomic E-state index is -4.86. The highest BCUT2D eigenvalue weighted by molar-refractivity contribution is 5.92. The maximum Gasteiger partial charge on any atom is 0.424 e. The number of halogens is 3. The fraction of sp³-hybridized carbons (Fsp3) is 0.650. The van der Waals surface area contributed by atoms with Crippen molar-refractivity contribution in [2.75, 3.05) is 19.8 Å². The molecule has 4 heterocycles. The average molecular weight is 441 g/mol. The van der Waals surface area contributed by atoms with Crippen molar-refractivity contribution >= 4 is 5.91 Å². The molecule has 0 radical (unpaired) electrons. The van der Waals surface area contributed by atoms with Crippen LogP contribution in [0.5, 0.6) is 0 Å². The van der Waals surface area contributed by atoms with E-state index in [0.717, 1.165) is 18.5 Å². The van der Waals surface area contributed by atoms with Crippen LogP contribution in [0.1, 0.15) is 66.3 Å². The molecular formula is C20H26F3N5O3. The van der Waals surface area contributed by atoms with Gasteiger partial charge in [0.2, 0.25) is 5.60 Å². The number of nitrogens with zero attached hydrogens (tertiary/aromatic N) is 5. The summed E-state index contributed by atoms with van der Waals surface area (Å²) in [7, 11) is 1.71. The van der Waals surface area contributed by atoms with Gasteiger partial charge < -0.3 is 19.3 Å². The van der Waals surface area contributed by atoms with Gasteiger partial charge in [0, 0.05) is 32.7 Å². The third-order valence-electron chi connectivity index (χ3n) is 6.18. The van der Waals surface area contributed by atoms with Crippen molar-refractivity contribution in [2.24, 2.45) is 7.05 Å². The molecule has 2 aromatic heterocycles. The zero-order valence-electron chi connectivity index (χ0n) is 17.7. The Balaban J connectivity index is 1.58. The van der Waals surface area contributed by atoms with Gasteiger partial charge in [-0.3, -0.25) is 9.48 Å². The van der Waals surface area contributed by atoms with E-state index in [0.29, 0.717) is 31.5 Å². The van der Waals surface area contributed by atoms with E-state index in [1.165, 1.54) is 10.8 Å². The van der Waals surface area contributed by atoms with E-state index in [2.05, 4.69) is 10.1 Å². The van der Waals surface area contributed by atoms with Gasteiger partial charge in [-0.1, -0.05) is 0 Å². The van der Waals surface area contributed by atoms with Gasteiger partial charge in [-0.05, 0) is 32.8 Å². The van der Waals surface area contributed by atoms with Crippen LogP contribution in [0.25, 0.3) is 0 Å². The largest absolute Gasteiger partial charge is 0.424 e. The molecule has 4 rings (SSSR count). The molecule has 1 amide bonds. The molecule has 2 aromatic rings. The number of carbonyl (C=O) groups is 1. The first-order valence-electron chi connectivity index (χ1n) is 10.3. The summed E-state index contributed by atoms with van der Waals surface area (Å²) in [6, 6.07) is 1.32. The van der Waals surface area contributed by atoms with Gasteiger partial charge in [-0.15, -0.1) is 0 Å². The van der Waals surface area contributed by atoms with Crippen molar-refractivity contribution in [3.8, 4) is 0 Å². The Morgan fingerprint density at radius 1 is 1.29 bits per heavy atom. The number of fused-ring (bicyclic) bond motifs is 1. The summed E-state index contributed by atoms with van der Waals surface area (Å²) >= 11 is 0. The Hall–Kier alpha value is -2.40. The maximum absolute atomic E-state index is 13.3. The molecule has 2 aliphatic rings. The average Bonchev–Trinajstić information content (AvgIpc) is 3.31. The third kappa shape index (κ3) is 3.73. The number of amides is 1. The van der Waals surface area contributed by atoms with E-state index in [1.54, 1.807) is 29.6 Å². The molecule has 0 bridgehead atoms. The summed E-state index contributed by atoms with van der Waals surface area (Å²) in [6.07, 6.45) is -1.86. The number of ether oxygens (including phenoxy) is 1. The van der Waals surface area contributed by atoms with Crippen LogP contribution < -0.4 is 0 Å². The van der Waals surface area contributed by atoms with Crippen molar-refractivity contribution in [2.45, 2.75) is 57.0 Å². The van der Waals surface area contributed by atoms with Crippen LogP contribution in [0.3, 0.4) is 0 Å². The van der Waals surface area contributed by atoms with Crippen LogP contribution in [0.15, 0.2) is 12.3 Å². The summed E-state index contributed by atoms with van der Waals surface area (Å²) in [5, 5.41) is 14.6. The van der Waals surface area contributed by atoms with E-state index in [-0.39, 0.29) is 24.9 Å². The molecule has 0 aromatic carbocycles. The predicted octanol–water partition coefficient (Wildman–Crippen LogP) is 2.50. The lowest BCUT2D eigenvalue weighted by Crippen LogP contribution is -2.45. The first kappa shape index (κ1) is 21.8. The molecule has 0 unspecified atom stereocenters. The maximum atomic E-state index is 13.3. The Labute approximate surface area is 177 Å². The fourth-order valence-electron chi connectivity index (χ4n) is 4.35. The van der Waals surface area contributed by atoms with Crippen LogP contribution in [-0.2, 0) is 23.9 Å². The first-order chi connectivity index (χ1) is 14.5. The van der Waals surface area contributed by atoms with Gasteiger partial charge >= 0.3 is 6.18 Å². The van der Waals surface area contributed by atoms with Crippen LogP contribution in [0.4, 0.5) is 13.2 Å². The highest BCUT2D eigenvalue weighted by Gasteiger charge is 2.55. The second-order valence-electron chi connectivity index (χ2n) is 8.51. The van der Waals surface area contributed by atoms with Crippen molar-refractivity contribution in [1.29, 1.82) is 0 Å². The number of rotatable bonds is 3. The molecule has 11 heteroatoms. The number of aliphatic hydroxyl groups is 1. The van der Waals surface area contributed by atoms with Gasteiger partial charge in [0.05, 0.1) is 30.2 Å². The zero-order chi connectivity index (χ0) is 22.6. The molecular weight excluding hydrogens is 415 g/mol. The quantitative estimate of drug-likeness (QED) is 0.791. The Morgan fingerprint density at radius 2 is 1.97 bits per heavy atom. The zero-order valence-corrected chi connectivity index (χ0v) is 17.7. The highest BCUT2D eigenvalue weighted by atomic mass is 19.4. The number of aromatic nitrogens is 4. The Morgan fingerprint density at radius 3 is 2.61 bits per heavy atom. The molecule has 1 N–H and O–H groups in total. The minimum Gasteiger partial charge on any atom is -0.381 e. The summed E-state index contributed by atoms with van der Waals surface area (Å²) < 4.78 is 48.3. The lowest BCUT2D eigenvalue weighted by Gasteiger charge is -2.36. The standard InChI is InChI=1S/C20H26F3N5O3/c1-12-10-27(11-14-9-24-18(28(12)14)19(2,30)20(21,22)23)17(29)16-8-15(25-26(16)3)13-4-6-31-7-5-13/h8-9,12-13,30H,4-7,10-11H2,1-3H3/t12-,19+/m0/s1. The van der Waals surface area contributed by atoms with Gasteiger partial charge in [0.15, 0.2) is 5.82 Å². The van der Waals surface area contributed by atoms with Crippen LogP contribution in [0, 0.1) is 0 Å². The van der Waals surface area contributed by atoms with Crippen molar-refractivity contribution < 1.29 is 27.8 Å². The van der Waals surface area contributed by atoms with Crippen LogP contribution >= 0.6 is 0 Å². The number of carbonyl (C=O) groups excluding carboxylic acids is 1. The van der Waals surface area contributed by atoms with Gasteiger partial charge in [0.1, 0.15) is 5.69 Å². The van der Waals surface area contributed by atoms with E-state index in [1.807, 2.05) is 0 Å². The smallest absolute Gasteiger partial charge is 0.381 e. The monoisotopic (exact) mass is 441 g/mol. The molecule has 1 fully saturated rings. The normalized spacial score (nSPS) is 22.3. The van der Waals surface area contributed by atoms with Crippen molar-refractivity contribution in [3.05, 3.63) is 35.2 Å². The molecule has 31 heavy (non-hydrogen) atoms. The topological polar surface area (TPSA) is 85.4 Å². The van der Waals surface area contributed by atoms with Gasteiger partial charge in [0.25, 0.3) is 5.91 Å². The van der Waals surface area contributed by atoms with Crippen molar-refractivity contribution in [1.82, 2.24) is 24.2 Å². The molecule has 0 saturated carbocycles.